The molecule has 0 atom stereocenters. The van der Waals surface area contributed by atoms with Crippen LogP contribution < -0.4 is 9.64 Å². The minimum absolute atomic E-state index is 0.0564. The molecule has 0 aliphatic carbocycles. The monoisotopic (exact) mass is 324 g/mol. The summed E-state index contributed by atoms with van der Waals surface area (Å²) in [5.41, 5.74) is 3.62. The van der Waals surface area contributed by atoms with Gasteiger partial charge in [0, 0.05) is 31.9 Å². The molecule has 0 N–H and O–H groups in total. The molecule has 0 unspecified atom stereocenters. The minimum atomic E-state index is 0.0564. The maximum Gasteiger partial charge on any atom is 0.260 e. The predicted octanol–water partition coefficient (Wildman–Crippen LogP) is 3.03. The second kappa shape index (κ2) is 7.39. The zero-order valence-corrected chi connectivity index (χ0v) is 14.4. The first-order chi connectivity index (χ1) is 11.6. The number of hydrogen-bond donors (Lipinski definition) is 0. The van der Waals surface area contributed by atoms with Crippen molar-refractivity contribution < 1.29 is 9.53 Å². The fraction of sp³-hybridized carbons (Fsp3) is 0.350. The Morgan fingerprint density at radius 1 is 0.958 bits per heavy atom. The Hall–Kier alpha value is -2.49. The highest BCUT2D eigenvalue weighted by Gasteiger charge is 2.21. The largest absolute Gasteiger partial charge is 0.484 e. The van der Waals surface area contributed by atoms with Crippen molar-refractivity contribution in [3.63, 3.8) is 0 Å². The van der Waals surface area contributed by atoms with E-state index in [1.165, 1.54) is 16.8 Å². The highest BCUT2D eigenvalue weighted by Crippen LogP contribution is 2.18. The van der Waals surface area contributed by atoms with Crippen molar-refractivity contribution in [3.05, 3.63) is 59.7 Å². The smallest absolute Gasteiger partial charge is 0.260 e. The molecule has 3 rings (SSSR count). The highest BCUT2D eigenvalue weighted by atomic mass is 16.5. The Kier molecular flexibility index (Phi) is 5.04. The van der Waals surface area contributed by atoms with Gasteiger partial charge in [0.2, 0.25) is 0 Å². The molecule has 0 bridgehead atoms. The lowest BCUT2D eigenvalue weighted by Crippen LogP contribution is -2.50. The van der Waals surface area contributed by atoms with Gasteiger partial charge >= 0.3 is 0 Å². The lowest BCUT2D eigenvalue weighted by Gasteiger charge is -2.36. The maximum absolute atomic E-state index is 12.3. The number of benzene rings is 2. The molecule has 4 heteroatoms. The Balaban J connectivity index is 1.49. The SMILES string of the molecule is Cc1ccc(OCC(=O)N2CCN(c3ccccc3)CC2)cc1C. The van der Waals surface area contributed by atoms with Gasteiger partial charge < -0.3 is 14.5 Å². The molecule has 0 aromatic heterocycles. The molecule has 2 aromatic carbocycles. The molecule has 126 valence electrons. The molecule has 0 radical (unpaired) electrons. The molecule has 1 heterocycles. The topological polar surface area (TPSA) is 32.8 Å². The van der Waals surface area contributed by atoms with Crippen molar-refractivity contribution in [2.24, 2.45) is 0 Å². The summed E-state index contributed by atoms with van der Waals surface area (Å²) >= 11 is 0. The third-order valence-electron chi connectivity index (χ3n) is 4.59. The summed E-state index contributed by atoms with van der Waals surface area (Å²) in [6.07, 6.45) is 0. The minimum Gasteiger partial charge on any atom is -0.484 e. The lowest BCUT2D eigenvalue weighted by atomic mass is 10.1. The van der Waals surface area contributed by atoms with Gasteiger partial charge in [0.25, 0.3) is 5.91 Å². The van der Waals surface area contributed by atoms with Crippen LogP contribution in [0.5, 0.6) is 5.75 Å². The van der Waals surface area contributed by atoms with Crippen LogP contribution in [0.4, 0.5) is 5.69 Å². The Labute approximate surface area is 143 Å². The van der Waals surface area contributed by atoms with Crippen molar-refractivity contribution in [1.82, 2.24) is 4.90 Å². The van der Waals surface area contributed by atoms with Crippen molar-refractivity contribution in [1.29, 1.82) is 0 Å². The van der Waals surface area contributed by atoms with Crippen molar-refractivity contribution in [2.75, 3.05) is 37.7 Å². The third kappa shape index (κ3) is 3.88. The number of para-hydroxylation sites is 1. The van der Waals surface area contributed by atoms with Gasteiger partial charge in [-0.1, -0.05) is 24.3 Å². The van der Waals surface area contributed by atoms with Gasteiger partial charge in [-0.3, -0.25) is 4.79 Å². The summed E-state index contributed by atoms with van der Waals surface area (Å²) in [5.74, 6) is 0.815. The van der Waals surface area contributed by atoms with E-state index < -0.39 is 0 Å². The summed E-state index contributed by atoms with van der Waals surface area (Å²) in [6.45, 7) is 7.42. The van der Waals surface area contributed by atoms with Crippen LogP contribution >= 0.6 is 0 Å². The van der Waals surface area contributed by atoms with Crippen LogP contribution in [0.15, 0.2) is 48.5 Å². The number of nitrogens with zero attached hydrogens (tertiary/aromatic N) is 2. The average Bonchev–Trinajstić information content (AvgIpc) is 2.63. The van der Waals surface area contributed by atoms with E-state index in [1.807, 2.05) is 48.2 Å². The van der Waals surface area contributed by atoms with Gasteiger partial charge in [-0.2, -0.15) is 0 Å². The molecular weight excluding hydrogens is 300 g/mol. The number of carbonyl (C=O) groups excluding carboxylic acids is 1. The average molecular weight is 324 g/mol. The second-order valence-electron chi connectivity index (χ2n) is 6.24. The van der Waals surface area contributed by atoms with Crippen LogP contribution in [-0.2, 0) is 4.79 Å². The number of anilines is 1. The molecule has 24 heavy (non-hydrogen) atoms. The van der Waals surface area contributed by atoms with E-state index in [2.05, 4.69) is 24.0 Å². The number of rotatable bonds is 4. The van der Waals surface area contributed by atoms with Gasteiger partial charge in [-0.05, 0) is 49.2 Å². The zero-order chi connectivity index (χ0) is 16.9. The van der Waals surface area contributed by atoms with E-state index in [-0.39, 0.29) is 12.5 Å². The van der Waals surface area contributed by atoms with E-state index in [4.69, 9.17) is 4.74 Å². The van der Waals surface area contributed by atoms with Crippen LogP contribution in [0.2, 0.25) is 0 Å². The van der Waals surface area contributed by atoms with E-state index in [0.717, 1.165) is 31.9 Å². The molecule has 1 aliphatic rings. The Morgan fingerprint density at radius 3 is 2.33 bits per heavy atom. The van der Waals surface area contributed by atoms with Gasteiger partial charge in [0.15, 0.2) is 6.61 Å². The van der Waals surface area contributed by atoms with Crippen molar-refractivity contribution in [3.8, 4) is 5.75 Å². The molecule has 0 saturated carbocycles. The summed E-state index contributed by atoms with van der Waals surface area (Å²) in [7, 11) is 0. The van der Waals surface area contributed by atoms with Gasteiger partial charge in [0.05, 0.1) is 0 Å². The van der Waals surface area contributed by atoms with Crippen LogP contribution in [-0.4, -0.2) is 43.6 Å². The Morgan fingerprint density at radius 2 is 1.67 bits per heavy atom. The first kappa shape index (κ1) is 16.4. The second-order valence-corrected chi connectivity index (χ2v) is 6.24. The quantitative estimate of drug-likeness (QED) is 0.867. The van der Waals surface area contributed by atoms with Crippen molar-refractivity contribution in [2.45, 2.75) is 13.8 Å². The number of aryl methyl sites for hydroxylation is 2. The van der Waals surface area contributed by atoms with E-state index >= 15 is 0 Å². The van der Waals surface area contributed by atoms with Crippen molar-refractivity contribution >= 4 is 11.6 Å². The molecule has 1 fully saturated rings. The molecular formula is C20H24N2O2. The summed E-state index contributed by atoms with van der Waals surface area (Å²) in [4.78, 5) is 16.6. The van der Waals surface area contributed by atoms with Crippen LogP contribution in [0, 0.1) is 13.8 Å². The molecule has 1 aliphatic heterocycles. The number of piperazine rings is 1. The Bertz CT molecular complexity index is 692. The van der Waals surface area contributed by atoms with Gasteiger partial charge in [0.1, 0.15) is 5.75 Å². The molecule has 4 nitrogen and oxygen atoms in total. The summed E-state index contributed by atoms with van der Waals surface area (Å²) < 4.78 is 5.66. The first-order valence-electron chi connectivity index (χ1n) is 8.41. The van der Waals surface area contributed by atoms with Gasteiger partial charge in [-0.15, -0.1) is 0 Å². The maximum atomic E-state index is 12.3. The normalized spacial score (nSPS) is 14.6. The van der Waals surface area contributed by atoms with E-state index in [1.54, 1.807) is 0 Å². The molecule has 2 aromatic rings. The number of amides is 1. The number of hydrogen-bond acceptors (Lipinski definition) is 3. The fourth-order valence-electron chi connectivity index (χ4n) is 2.89. The van der Waals surface area contributed by atoms with E-state index in [0.29, 0.717) is 0 Å². The van der Waals surface area contributed by atoms with Crippen LogP contribution in [0.25, 0.3) is 0 Å². The standard InChI is InChI=1S/C20H24N2O2/c1-16-8-9-19(14-17(16)2)24-15-20(23)22-12-10-21(11-13-22)18-6-4-3-5-7-18/h3-9,14H,10-13,15H2,1-2H3. The summed E-state index contributed by atoms with van der Waals surface area (Å²) in [6, 6.07) is 16.3. The number of ether oxygens (including phenoxy) is 1. The number of carbonyl (C=O) groups is 1. The first-order valence-corrected chi connectivity index (χ1v) is 8.41. The molecule has 0 spiro atoms. The van der Waals surface area contributed by atoms with Crippen LogP contribution in [0.1, 0.15) is 11.1 Å². The molecule has 1 saturated heterocycles. The zero-order valence-electron chi connectivity index (χ0n) is 14.4. The van der Waals surface area contributed by atoms with Gasteiger partial charge in [-0.25, -0.2) is 0 Å². The fourth-order valence-corrected chi connectivity index (χ4v) is 2.89. The summed E-state index contributed by atoms with van der Waals surface area (Å²) in [5, 5.41) is 0. The molecule has 1 amide bonds. The third-order valence-corrected chi connectivity index (χ3v) is 4.59. The van der Waals surface area contributed by atoms with E-state index in [9.17, 15) is 4.79 Å². The van der Waals surface area contributed by atoms with Crippen LogP contribution in [0.3, 0.4) is 0 Å². The lowest BCUT2D eigenvalue weighted by molar-refractivity contribution is -0.133. The highest BCUT2D eigenvalue weighted by molar-refractivity contribution is 5.78. The predicted molar refractivity (Wildman–Crippen MR) is 96.6 cm³/mol.